The molecule has 36 heavy (non-hydrogen) atoms. The van der Waals surface area contributed by atoms with Crippen molar-refractivity contribution in [2.24, 2.45) is 10.4 Å². The van der Waals surface area contributed by atoms with Crippen LogP contribution in [0.5, 0.6) is 0 Å². The Labute approximate surface area is 212 Å². The molecule has 3 aromatic rings. The normalized spacial score (nSPS) is 19.5. The molecule has 10 nitrogen and oxygen atoms in total. The van der Waals surface area contributed by atoms with Gasteiger partial charge in [-0.2, -0.15) is 16.3 Å². The average molecular weight is 528 g/mol. The predicted octanol–water partition coefficient (Wildman–Crippen LogP) is 3.17. The van der Waals surface area contributed by atoms with E-state index in [1.54, 1.807) is 18.2 Å². The highest BCUT2D eigenvalue weighted by Crippen LogP contribution is 2.42. The van der Waals surface area contributed by atoms with Gasteiger partial charge in [0.2, 0.25) is 17.5 Å². The van der Waals surface area contributed by atoms with Crippen molar-refractivity contribution in [2.75, 3.05) is 6.54 Å². The minimum Gasteiger partial charge on any atom is -0.347 e. The SMILES string of the molecule is CC1(C[C@H](N=C2NS(=O)(=O)c3ccccc32)C(=O)NCC(=O)c2nc(-c3ccsc3)no2)CCCC1. The standard InChI is InChI=1S/C24H25N5O5S2/c1-24(9-4-5-10-24)12-17(26-21-16-6-2-3-7-19(16)36(32,33)29-21)22(31)25-13-18(30)23-27-20(28-34-23)15-8-11-35-14-15/h2-3,6-8,11,14,17H,4-5,9-10,12-13H2,1H3,(H,25,31)(H,26,29)/t17-/m0/s1. The van der Waals surface area contributed by atoms with Crippen molar-refractivity contribution >= 4 is 38.9 Å². The van der Waals surface area contributed by atoms with Crippen LogP contribution in [-0.2, 0) is 14.8 Å². The van der Waals surface area contributed by atoms with E-state index in [0.29, 0.717) is 17.8 Å². The summed E-state index contributed by atoms with van der Waals surface area (Å²) in [6, 6.07) is 7.45. The number of aliphatic imine (C=N–C) groups is 1. The van der Waals surface area contributed by atoms with Crippen LogP contribution in [0.25, 0.3) is 11.4 Å². The molecule has 0 radical (unpaired) electrons. The molecule has 0 unspecified atom stereocenters. The Kier molecular flexibility index (Phi) is 6.47. The number of hydrogen-bond donors (Lipinski definition) is 2. The number of ketones is 1. The molecule has 1 amide bonds. The van der Waals surface area contributed by atoms with Gasteiger partial charge in [0, 0.05) is 16.5 Å². The fourth-order valence-corrected chi connectivity index (χ4v) is 6.56. The van der Waals surface area contributed by atoms with E-state index < -0.39 is 27.8 Å². The molecule has 1 aliphatic heterocycles. The van der Waals surface area contributed by atoms with E-state index in [1.807, 2.05) is 16.8 Å². The minimum atomic E-state index is -3.74. The third-order valence-electron chi connectivity index (χ3n) is 6.61. The summed E-state index contributed by atoms with van der Waals surface area (Å²) in [5.74, 6) is -0.750. The van der Waals surface area contributed by atoms with E-state index in [4.69, 9.17) is 4.52 Å². The Balaban J connectivity index is 1.34. The number of rotatable bonds is 8. The Morgan fingerprint density at radius 3 is 2.78 bits per heavy atom. The number of sulfonamides is 1. The maximum Gasteiger partial charge on any atom is 0.296 e. The summed E-state index contributed by atoms with van der Waals surface area (Å²) in [6.07, 6.45) is 4.48. The van der Waals surface area contributed by atoms with E-state index in [-0.39, 0.29) is 28.6 Å². The van der Waals surface area contributed by atoms with Crippen LogP contribution >= 0.6 is 11.3 Å². The van der Waals surface area contributed by atoms with Crippen LogP contribution in [0.15, 0.2) is 55.5 Å². The van der Waals surface area contributed by atoms with Gasteiger partial charge in [0.25, 0.3) is 15.9 Å². The van der Waals surface area contributed by atoms with Gasteiger partial charge in [-0.15, -0.1) is 0 Å². The summed E-state index contributed by atoms with van der Waals surface area (Å²) in [4.78, 5) is 34.7. The van der Waals surface area contributed by atoms with Crippen molar-refractivity contribution in [1.82, 2.24) is 20.2 Å². The van der Waals surface area contributed by atoms with Gasteiger partial charge < -0.3 is 9.84 Å². The smallest absolute Gasteiger partial charge is 0.296 e. The molecule has 1 aromatic carbocycles. The van der Waals surface area contributed by atoms with Gasteiger partial charge in [0.1, 0.15) is 11.9 Å². The van der Waals surface area contributed by atoms with Crippen LogP contribution in [0.4, 0.5) is 0 Å². The van der Waals surface area contributed by atoms with Crippen LogP contribution in [0.3, 0.4) is 0 Å². The molecule has 1 fully saturated rings. The monoisotopic (exact) mass is 527 g/mol. The number of hydrogen-bond acceptors (Lipinski definition) is 9. The van der Waals surface area contributed by atoms with Gasteiger partial charge in [-0.05, 0) is 48.3 Å². The largest absolute Gasteiger partial charge is 0.347 e. The Hall–Kier alpha value is -3.38. The molecule has 5 rings (SSSR count). The zero-order chi connectivity index (χ0) is 25.3. The maximum absolute atomic E-state index is 13.2. The van der Waals surface area contributed by atoms with Crippen LogP contribution in [0, 0.1) is 5.41 Å². The first kappa shape index (κ1) is 24.3. The number of carbonyl (C=O) groups excluding carboxylic acids is 2. The molecule has 0 bridgehead atoms. The highest BCUT2D eigenvalue weighted by atomic mass is 32.2. The second-order valence-electron chi connectivity index (χ2n) is 9.39. The first-order chi connectivity index (χ1) is 17.2. The Bertz CT molecular complexity index is 1420. The summed E-state index contributed by atoms with van der Waals surface area (Å²) in [7, 11) is -3.74. The fraction of sp³-hybridized carbons (Fsp3) is 0.375. The number of aromatic nitrogens is 2. The van der Waals surface area contributed by atoms with Crippen LogP contribution < -0.4 is 10.0 Å². The lowest BCUT2D eigenvalue weighted by atomic mass is 9.82. The van der Waals surface area contributed by atoms with Gasteiger partial charge in [0.15, 0.2) is 0 Å². The van der Waals surface area contributed by atoms with Gasteiger partial charge in [0.05, 0.1) is 11.4 Å². The average Bonchev–Trinajstić information content (AvgIpc) is 3.65. The van der Waals surface area contributed by atoms with E-state index in [2.05, 4.69) is 32.1 Å². The summed E-state index contributed by atoms with van der Waals surface area (Å²) in [6.45, 7) is 1.77. The van der Waals surface area contributed by atoms with Crippen molar-refractivity contribution in [3.05, 3.63) is 52.5 Å². The zero-order valence-corrected chi connectivity index (χ0v) is 21.2. The fourth-order valence-electron chi connectivity index (χ4n) is 4.69. The molecule has 0 spiro atoms. The molecule has 1 atom stereocenters. The van der Waals surface area contributed by atoms with Crippen molar-refractivity contribution in [3.63, 3.8) is 0 Å². The van der Waals surface area contributed by atoms with Crippen LogP contribution in [-0.4, -0.2) is 48.7 Å². The third-order valence-corrected chi connectivity index (χ3v) is 8.69. The molecule has 1 aliphatic carbocycles. The lowest BCUT2D eigenvalue weighted by Crippen LogP contribution is -2.40. The van der Waals surface area contributed by atoms with E-state index in [1.165, 1.54) is 17.4 Å². The molecule has 0 saturated heterocycles. The molecular formula is C24H25N5O5S2. The first-order valence-corrected chi connectivity index (χ1v) is 14.0. The second-order valence-corrected chi connectivity index (χ2v) is 11.8. The summed E-state index contributed by atoms with van der Waals surface area (Å²) >= 11 is 1.47. The molecule has 12 heteroatoms. The second kappa shape index (κ2) is 9.58. The zero-order valence-electron chi connectivity index (χ0n) is 19.6. The van der Waals surface area contributed by atoms with Crippen molar-refractivity contribution in [3.8, 4) is 11.4 Å². The lowest BCUT2D eigenvalue weighted by Gasteiger charge is -2.27. The summed E-state index contributed by atoms with van der Waals surface area (Å²) in [5.41, 5.74) is 1.07. The van der Waals surface area contributed by atoms with Crippen molar-refractivity contribution in [1.29, 1.82) is 0 Å². The van der Waals surface area contributed by atoms with E-state index >= 15 is 0 Å². The Morgan fingerprint density at radius 2 is 2.03 bits per heavy atom. The molecule has 2 N–H and O–H groups in total. The molecule has 188 valence electrons. The maximum atomic E-state index is 13.2. The van der Waals surface area contributed by atoms with E-state index in [9.17, 15) is 18.0 Å². The number of amidine groups is 1. The van der Waals surface area contributed by atoms with Crippen molar-refractivity contribution in [2.45, 2.75) is 50.0 Å². The number of amides is 1. The predicted molar refractivity (Wildman–Crippen MR) is 133 cm³/mol. The number of nitrogens with zero attached hydrogens (tertiary/aromatic N) is 3. The quantitative estimate of drug-likeness (QED) is 0.428. The highest BCUT2D eigenvalue weighted by molar-refractivity contribution is 7.90. The number of thiophene rings is 1. The van der Waals surface area contributed by atoms with Gasteiger partial charge >= 0.3 is 0 Å². The number of nitrogens with one attached hydrogen (secondary N) is 2. The van der Waals surface area contributed by atoms with Crippen LogP contribution in [0.1, 0.15) is 55.3 Å². The molecule has 3 heterocycles. The van der Waals surface area contributed by atoms with Gasteiger partial charge in [-0.3, -0.25) is 19.3 Å². The molecule has 2 aliphatic rings. The van der Waals surface area contributed by atoms with E-state index in [0.717, 1.165) is 31.2 Å². The third kappa shape index (κ3) is 4.96. The van der Waals surface area contributed by atoms with Gasteiger partial charge in [-0.1, -0.05) is 37.1 Å². The molecular weight excluding hydrogens is 502 g/mol. The summed E-state index contributed by atoms with van der Waals surface area (Å²) < 4.78 is 32.6. The van der Waals surface area contributed by atoms with Gasteiger partial charge in [-0.25, -0.2) is 8.42 Å². The van der Waals surface area contributed by atoms with Crippen molar-refractivity contribution < 1.29 is 22.5 Å². The topological polar surface area (TPSA) is 144 Å². The number of fused-ring (bicyclic) bond motifs is 1. The summed E-state index contributed by atoms with van der Waals surface area (Å²) in [5, 5.41) is 10.2. The number of carbonyl (C=O) groups is 2. The first-order valence-electron chi connectivity index (χ1n) is 11.6. The van der Waals surface area contributed by atoms with Crippen LogP contribution in [0.2, 0.25) is 0 Å². The molecule has 2 aromatic heterocycles. The molecule has 1 saturated carbocycles. The minimum absolute atomic E-state index is 0.102. The lowest BCUT2D eigenvalue weighted by molar-refractivity contribution is -0.122. The highest BCUT2D eigenvalue weighted by Gasteiger charge is 2.37. The Morgan fingerprint density at radius 1 is 1.25 bits per heavy atom. The number of benzene rings is 1. The number of Topliss-reactive ketones (excluding diaryl/α,β-unsaturated/α-hetero) is 1.